The van der Waals surface area contributed by atoms with Gasteiger partial charge in [0, 0.05) is 22.2 Å². The summed E-state index contributed by atoms with van der Waals surface area (Å²) in [6.07, 6.45) is 0. The summed E-state index contributed by atoms with van der Waals surface area (Å²) < 4.78 is 75.9. The van der Waals surface area contributed by atoms with Crippen molar-refractivity contribution >= 4 is 23.5 Å². The van der Waals surface area contributed by atoms with Crippen LogP contribution in [-0.4, -0.2) is 22.2 Å². The number of alkyl halides is 4. The molecular formula is C16H9ClF6O4. The van der Waals surface area contributed by atoms with E-state index in [1.807, 2.05) is 0 Å². The number of hydrogen-bond acceptors (Lipinski definition) is 2. The van der Waals surface area contributed by atoms with E-state index in [4.69, 9.17) is 21.8 Å². The largest absolute Gasteiger partial charge is 0.477 e. The molecule has 2 rings (SSSR count). The first-order valence-electron chi connectivity index (χ1n) is 6.73. The van der Waals surface area contributed by atoms with Crippen molar-refractivity contribution in [3.8, 4) is 0 Å². The summed E-state index contributed by atoms with van der Waals surface area (Å²) in [6, 6.07) is 5.53. The van der Waals surface area contributed by atoms with Crippen molar-refractivity contribution in [3.05, 3.63) is 70.2 Å². The number of hydrogen-bond donors (Lipinski definition) is 2. The minimum absolute atomic E-state index is 0.0819. The second-order valence-electron chi connectivity index (χ2n) is 4.93. The first-order chi connectivity index (χ1) is 12.3. The molecule has 0 bridgehead atoms. The van der Waals surface area contributed by atoms with Gasteiger partial charge in [-0.25, -0.2) is 18.4 Å². The predicted octanol–water partition coefficient (Wildman–Crippen LogP) is 4.66. The molecule has 0 spiro atoms. The van der Waals surface area contributed by atoms with Crippen LogP contribution in [0.25, 0.3) is 0 Å². The second-order valence-corrected chi connectivity index (χ2v) is 5.36. The van der Waals surface area contributed by atoms with Crippen LogP contribution in [0.15, 0.2) is 42.5 Å². The second kappa shape index (κ2) is 8.30. The van der Waals surface area contributed by atoms with E-state index in [0.29, 0.717) is 6.07 Å². The van der Waals surface area contributed by atoms with Crippen LogP contribution in [0.1, 0.15) is 11.1 Å². The number of halogens is 7. The lowest BCUT2D eigenvalue weighted by molar-refractivity contribution is -0.166. The molecule has 0 fully saturated rings. The Morgan fingerprint density at radius 3 is 1.63 bits per heavy atom. The number of rotatable bonds is 4. The first kappa shape index (κ1) is 22.3. The number of carboxylic acids is 2. The van der Waals surface area contributed by atoms with E-state index >= 15 is 0 Å². The molecule has 27 heavy (non-hydrogen) atoms. The third kappa shape index (κ3) is 5.61. The lowest BCUT2D eigenvalue weighted by Gasteiger charge is -2.11. The molecule has 0 aliphatic rings. The molecule has 0 aromatic heterocycles. The van der Waals surface area contributed by atoms with E-state index in [1.165, 1.54) is 12.1 Å². The van der Waals surface area contributed by atoms with Gasteiger partial charge in [-0.3, -0.25) is 0 Å². The molecule has 0 heterocycles. The molecule has 0 aliphatic carbocycles. The normalized spacial score (nSPS) is 11.4. The van der Waals surface area contributed by atoms with Gasteiger partial charge in [-0.1, -0.05) is 23.7 Å². The topological polar surface area (TPSA) is 74.6 Å². The summed E-state index contributed by atoms with van der Waals surface area (Å²) in [5.74, 6) is -15.3. The maximum absolute atomic E-state index is 12.8. The molecule has 0 saturated carbocycles. The van der Waals surface area contributed by atoms with Crippen LogP contribution in [0.4, 0.5) is 26.3 Å². The van der Waals surface area contributed by atoms with Gasteiger partial charge in [0.2, 0.25) is 0 Å². The maximum Gasteiger partial charge on any atom is 0.379 e. The average Bonchev–Trinajstić information content (AvgIpc) is 2.54. The SMILES string of the molecule is O=C(O)C(F)(F)c1cc(F)cc(F)c1.O=C(O)C(F)(F)c1cccc(Cl)c1. The number of carbonyl (C=O) groups is 2. The highest BCUT2D eigenvalue weighted by molar-refractivity contribution is 6.30. The zero-order chi connectivity index (χ0) is 21.0. The van der Waals surface area contributed by atoms with Crippen LogP contribution in [0.2, 0.25) is 5.02 Å². The zero-order valence-corrected chi connectivity index (χ0v) is 13.7. The average molecular weight is 415 g/mol. The minimum Gasteiger partial charge on any atom is -0.477 e. The molecule has 0 atom stereocenters. The zero-order valence-electron chi connectivity index (χ0n) is 12.9. The molecular weight excluding hydrogens is 406 g/mol. The summed E-state index contributed by atoms with van der Waals surface area (Å²) in [4.78, 5) is 20.2. The molecule has 4 nitrogen and oxygen atoms in total. The molecule has 0 amide bonds. The third-order valence-corrected chi connectivity index (χ3v) is 3.18. The van der Waals surface area contributed by atoms with Gasteiger partial charge in [-0.15, -0.1) is 0 Å². The number of aliphatic carboxylic acids is 2. The standard InChI is InChI=1S/C8H5ClF2O2.C8H4F4O2/c9-6-3-1-2-5(4-6)8(10,11)7(12)13;9-5-1-4(2-6(10)3-5)8(11,12)7(13)14/h1-4H,(H,12,13);1-3H,(H,13,14). The van der Waals surface area contributed by atoms with Gasteiger partial charge in [0.05, 0.1) is 0 Å². The van der Waals surface area contributed by atoms with Crippen molar-refractivity contribution in [2.45, 2.75) is 11.8 Å². The Morgan fingerprint density at radius 2 is 1.22 bits per heavy atom. The van der Waals surface area contributed by atoms with Crippen LogP contribution in [0, 0.1) is 11.6 Å². The van der Waals surface area contributed by atoms with E-state index in [1.54, 1.807) is 0 Å². The van der Waals surface area contributed by atoms with Gasteiger partial charge in [0.15, 0.2) is 0 Å². The number of carboxylic acid groups (broad SMARTS) is 2. The fourth-order valence-electron chi connectivity index (χ4n) is 1.67. The summed E-state index contributed by atoms with van der Waals surface area (Å²) >= 11 is 5.43. The van der Waals surface area contributed by atoms with E-state index < -0.39 is 46.5 Å². The van der Waals surface area contributed by atoms with Crippen LogP contribution in [0.5, 0.6) is 0 Å². The lowest BCUT2D eigenvalue weighted by Crippen LogP contribution is -2.25. The smallest absolute Gasteiger partial charge is 0.379 e. The van der Waals surface area contributed by atoms with Gasteiger partial charge in [-0.2, -0.15) is 17.6 Å². The van der Waals surface area contributed by atoms with Crippen LogP contribution < -0.4 is 0 Å². The number of benzene rings is 2. The molecule has 0 saturated heterocycles. The summed E-state index contributed by atoms with van der Waals surface area (Å²) in [5.41, 5.74) is -1.84. The van der Waals surface area contributed by atoms with Crippen LogP contribution in [0.3, 0.4) is 0 Å². The van der Waals surface area contributed by atoms with Crippen molar-refractivity contribution in [1.29, 1.82) is 0 Å². The van der Waals surface area contributed by atoms with E-state index in [2.05, 4.69) is 0 Å². The van der Waals surface area contributed by atoms with Crippen molar-refractivity contribution in [2.75, 3.05) is 0 Å². The third-order valence-electron chi connectivity index (χ3n) is 2.95. The minimum atomic E-state index is -4.29. The summed E-state index contributed by atoms with van der Waals surface area (Å²) in [5, 5.41) is 16.4. The predicted molar refractivity (Wildman–Crippen MR) is 80.9 cm³/mol. The van der Waals surface area contributed by atoms with Gasteiger partial charge in [0.1, 0.15) is 11.6 Å². The quantitative estimate of drug-likeness (QED) is 0.714. The Morgan fingerprint density at radius 1 is 0.778 bits per heavy atom. The molecule has 146 valence electrons. The highest BCUT2D eigenvalue weighted by atomic mass is 35.5. The van der Waals surface area contributed by atoms with Crippen molar-refractivity contribution in [1.82, 2.24) is 0 Å². The molecule has 0 aliphatic heterocycles. The molecule has 2 aromatic rings. The van der Waals surface area contributed by atoms with Crippen molar-refractivity contribution < 1.29 is 46.1 Å². The Hall–Kier alpha value is -2.75. The summed E-state index contributed by atoms with van der Waals surface area (Å²) in [6.45, 7) is 0. The lowest BCUT2D eigenvalue weighted by atomic mass is 10.1. The highest BCUT2D eigenvalue weighted by Gasteiger charge is 2.42. The molecule has 2 aromatic carbocycles. The molecule has 0 unspecified atom stereocenters. The fourth-order valence-corrected chi connectivity index (χ4v) is 1.86. The van der Waals surface area contributed by atoms with Gasteiger partial charge in [-0.05, 0) is 24.3 Å². The molecule has 11 heteroatoms. The fraction of sp³-hybridized carbons (Fsp3) is 0.125. The van der Waals surface area contributed by atoms with Gasteiger partial charge in [0.25, 0.3) is 0 Å². The van der Waals surface area contributed by atoms with E-state index in [0.717, 1.165) is 12.1 Å². The summed E-state index contributed by atoms with van der Waals surface area (Å²) in [7, 11) is 0. The Balaban J connectivity index is 0.000000271. The highest BCUT2D eigenvalue weighted by Crippen LogP contribution is 2.30. The Labute approximate surface area is 152 Å². The van der Waals surface area contributed by atoms with Crippen LogP contribution in [-0.2, 0) is 21.4 Å². The van der Waals surface area contributed by atoms with E-state index in [-0.39, 0.29) is 17.2 Å². The Bertz CT molecular complexity index is 836. The molecule has 2 N–H and O–H groups in total. The van der Waals surface area contributed by atoms with E-state index in [9.17, 15) is 35.9 Å². The van der Waals surface area contributed by atoms with Crippen LogP contribution >= 0.6 is 11.6 Å². The van der Waals surface area contributed by atoms with Crippen molar-refractivity contribution in [2.24, 2.45) is 0 Å². The first-order valence-corrected chi connectivity index (χ1v) is 7.11. The maximum atomic E-state index is 12.8. The monoisotopic (exact) mass is 414 g/mol. The molecule has 0 radical (unpaired) electrons. The van der Waals surface area contributed by atoms with Gasteiger partial charge >= 0.3 is 23.8 Å². The van der Waals surface area contributed by atoms with Crippen molar-refractivity contribution in [3.63, 3.8) is 0 Å². The Kier molecular flexibility index (Phi) is 6.85. The van der Waals surface area contributed by atoms with Gasteiger partial charge < -0.3 is 10.2 Å².